The molecule has 0 N–H and O–H groups in total. The van der Waals surface area contributed by atoms with Gasteiger partial charge in [-0.1, -0.05) is 29.9 Å². The quantitative estimate of drug-likeness (QED) is 0.841. The Morgan fingerprint density at radius 2 is 2.05 bits per heavy atom. The Bertz CT molecular complexity index is 793. The molecule has 0 bridgehead atoms. The molecule has 0 aliphatic heterocycles. The Balaban J connectivity index is 2.17. The number of nitriles is 1. The van der Waals surface area contributed by atoms with Crippen molar-refractivity contribution in [3.63, 3.8) is 0 Å². The molecular formula is C14H12N2O2S. The maximum absolute atomic E-state index is 12.3. The average molecular weight is 272 g/mol. The zero-order chi connectivity index (χ0) is 13.5. The van der Waals surface area contributed by atoms with Crippen LogP contribution in [-0.2, 0) is 6.54 Å². The summed E-state index contributed by atoms with van der Waals surface area (Å²) >= 11 is 1.07. The van der Waals surface area contributed by atoms with Gasteiger partial charge in [-0.3, -0.25) is 14.2 Å². The van der Waals surface area contributed by atoms with Gasteiger partial charge in [0.2, 0.25) is 0 Å². The molecule has 0 radical (unpaired) electrons. The van der Waals surface area contributed by atoms with Crippen molar-refractivity contribution in [2.75, 3.05) is 0 Å². The van der Waals surface area contributed by atoms with Crippen LogP contribution in [0.3, 0.4) is 0 Å². The molecule has 1 aromatic heterocycles. The van der Waals surface area contributed by atoms with Crippen molar-refractivity contribution >= 4 is 21.4 Å². The molecule has 1 aromatic carbocycles. The summed E-state index contributed by atoms with van der Waals surface area (Å²) in [6, 6.07) is 9.37. The van der Waals surface area contributed by atoms with E-state index >= 15 is 0 Å². The second-order valence-electron chi connectivity index (χ2n) is 5.00. The molecule has 0 atom stereocenters. The van der Waals surface area contributed by atoms with E-state index in [1.807, 2.05) is 6.07 Å². The van der Waals surface area contributed by atoms with Gasteiger partial charge in [0.1, 0.15) is 0 Å². The van der Waals surface area contributed by atoms with Gasteiger partial charge in [-0.15, -0.1) is 0 Å². The number of rotatable bonds is 2. The molecule has 0 saturated heterocycles. The largest absolute Gasteiger partial charge is 0.310 e. The predicted octanol–water partition coefficient (Wildman–Crippen LogP) is 2.12. The molecule has 4 nitrogen and oxygen atoms in total. The molecule has 96 valence electrons. The molecule has 1 heterocycles. The van der Waals surface area contributed by atoms with E-state index in [1.165, 1.54) is 4.57 Å². The number of hydrogen-bond acceptors (Lipinski definition) is 4. The Hall–Kier alpha value is -1.93. The Morgan fingerprint density at radius 1 is 1.32 bits per heavy atom. The lowest BCUT2D eigenvalue weighted by atomic mass is 9.70. The Labute approximate surface area is 113 Å². The first-order valence-corrected chi connectivity index (χ1v) is 7.01. The summed E-state index contributed by atoms with van der Waals surface area (Å²) in [5, 5.41) is 9.78. The topological polar surface area (TPSA) is 62.9 Å². The minimum Gasteiger partial charge on any atom is -0.269 e. The molecule has 2 aromatic rings. The van der Waals surface area contributed by atoms with E-state index in [0.29, 0.717) is 10.1 Å². The fourth-order valence-corrected chi connectivity index (χ4v) is 3.32. The maximum atomic E-state index is 12.3. The van der Waals surface area contributed by atoms with Crippen LogP contribution in [0.5, 0.6) is 0 Å². The van der Waals surface area contributed by atoms with Gasteiger partial charge in [0.15, 0.2) is 0 Å². The lowest BCUT2D eigenvalue weighted by Gasteiger charge is -2.35. The number of benzene rings is 1. The normalized spacial score (nSPS) is 16.8. The van der Waals surface area contributed by atoms with Crippen LogP contribution in [-0.4, -0.2) is 4.57 Å². The highest BCUT2D eigenvalue weighted by Gasteiger charge is 2.38. The second-order valence-corrected chi connectivity index (χ2v) is 5.99. The van der Waals surface area contributed by atoms with Crippen LogP contribution in [0.1, 0.15) is 19.3 Å². The Morgan fingerprint density at radius 3 is 2.68 bits per heavy atom. The molecule has 0 spiro atoms. The van der Waals surface area contributed by atoms with Gasteiger partial charge in [-0.25, -0.2) is 0 Å². The first-order valence-electron chi connectivity index (χ1n) is 6.19. The van der Waals surface area contributed by atoms with Gasteiger partial charge in [-0.05, 0) is 25.0 Å². The van der Waals surface area contributed by atoms with Crippen molar-refractivity contribution in [3.05, 3.63) is 44.3 Å². The van der Waals surface area contributed by atoms with Gasteiger partial charge >= 0.3 is 4.87 Å². The van der Waals surface area contributed by atoms with Gasteiger partial charge in [0.25, 0.3) is 5.56 Å². The molecule has 1 fully saturated rings. The van der Waals surface area contributed by atoms with Crippen LogP contribution in [0, 0.1) is 16.7 Å². The second kappa shape index (κ2) is 4.32. The van der Waals surface area contributed by atoms with Gasteiger partial charge in [0.05, 0.1) is 16.9 Å². The highest BCUT2D eigenvalue weighted by atomic mass is 32.1. The van der Waals surface area contributed by atoms with Crippen molar-refractivity contribution < 1.29 is 0 Å². The zero-order valence-corrected chi connectivity index (χ0v) is 11.1. The van der Waals surface area contributed by atoms with Gasteiger partial charge in [0, 0.05) is 11.2 Å². The van der Waals surface area contributed by atoms with E-state index in [4.69, 9.17) is 0 Å². The van der Waals surface area contributed by atoms with E-state index in [9.17, 15) is 14.9 Å². The van der Waals surface area contributed by atoms with Gasteiger partial charge < -0.3 is 0 Å². The fourth-order valence-electron chi connectivity index (χ4n) is 2.46. The van der Waals surface area contributed by atoms with E-state index in [2.05, 4.69) is 6.07 Å². The summed E-state index contributed by atoms with van der Waals surface area (Å²) in [6.45, 7) is 0.225. The predicted molar refractivity (Wildman–Crippen MR) is 74.3 cm³/mol. The third kappa shape index (κ3) is 1.89. The summed E-state index contributed by atoms with van der Waals surface area (Å²) in [5.41, 5.74) is -0.793. The summed E-state index contributed by atoms with van der Waals surface area (Å²) in [7, 11) is 0. The Kier molecular flexibility index (Phi) is 2.76. The van der Waals surface area contributed by atoms with E-state index in [0.717, 1.165) is 30.6 Å². The summed E-state index contributed by atoms with van der Waals surface area (Å²) in [5.74, 6) is 0. The highest BCUT2D eigenvalue weighted by Crippen LogP contribution is 2.41. The molecule has 5 heteroatoms. The van der Waals surface area contributed by atoms with E-state index in [1.54, 1.807) is 18.2 Å². The lowest BCUT2D eigenvalue weighted by molar-refractivity contribution is 0.179. The van der Waals surface area contributed by atoms with Crippen LogP contribution >= 0.6 is 11.3 Å². The van der Waals surface area contributed by atoms with E-state index in [-0.39, 0.29) is 17.0 Å². The third-order valence-corrected chi connectivity index (χ3v) is 4.76. The molecular weight excluding hydrogens is 260 g/mol. The number of fused-ring (bicyclic) bond motifs is 1. The number of aromatic nitrogens is 1. The first-order chi connectivity index (χ1) is 9.15. The summed E-state index contributed by atoms with van der Waals surface area (Å²) < 4.78 is 1.93. The van der Waals surface area contributed by atoms with Crippen LogP contribution in [0.2, 0.25) is 0 Å². The molecule has 0 unspecified atom stereocenters. The molecule has 1 aliphatic carbocycles. The molecule has 19 heavy (non-hydrogen) atoms. The number of nitrogens with zero attached hydrogens (tertiary/aromatic N) is 2. The molecule has 0 amide bonds. The minimum absolute atomic E-state index is 0.225. The minimum atomic E-state index is -0.516. The van der Waals surface area contributed by atoms with Crippen molar-refractivity contribution in [1.29, 1.82) is 5.26 Å². The zero-order valence-electron chi connectivity index (χ0n) is 10.3. The SMILES string of the molecule is N#CC1(Cn2c(=O)sc3ccccc3c2=O)CCC1. The smallest absolute Gasteiger partial charge is 0.269 e. The highest BCUT2D eigenvalue weighted by molar-refractivity contribution is 7.16. The van der Waals surface area contributed by atoms with Crippen LogP contribution in [0.4, 0.5) is 0 Å². The van der Waals surface area contributed by atoms with Crippen molar-refractivity contribution in [2.45, 2.75) is 25.8 Å². The average Bonchev–Trinajstić information content (AvgIpc) is 2.37. The first kappa shape index (κ1) is 12.1. The monoisotopic (exact) mass is 272 g/mol. The molecule has 1 saturated carbocycles. The maximum Gasteiger partial charge on any atom is 0.310 e. The standard InChI is InChI=1S/C14H12N2O2S/c15-8-14(6-3-7-14)9-16-12(17)10-4-1-2-5-11(10)19-13(16)18/h1-2,4-5H,3,6-7,9H2. The summed E-state index contributed by atoms with van der Waals surface area (Å²) in [6.07, 6.45) is 2.53. The third-order valence-electron chi connectivity index (χ3n) is 3.79. The van der Waals surface area contributed by atoms with Crippen LogP contribution < -0.4 is 10.4 Å². The van der Waals surface area contributed by atoms with Gasteiger partial charge in [-0.2, -0.15) is 5.26 Å². The fraction of sp³-hybridized carbons (Fsp3) is 0.357. The molecule has 1 aliphatic rings. The van der Waals surface area contributed by atoms with Crippen LogP contribution in [0.15, 0.2) is 33.9 Å². The van der Waals surface area contributed by atoms with Crippen LogP contribution in [0.25, 0.3) is 10.1 Å². The van der Waals surface area contributed by atoms with Crippen molar-refractivity contribution in [3.8, 4) is 6.07 Å². The van der Waals surface area contributed by atoms with Crippen molar-refractivity contribution in [1.82, 2.24) is 4.57 Å². The number of hydrogen-bond donors (Lipinski definition) is 0. The molecule has 3 rings (SSSR count). The van der Waals surface area contributed by atoms with Crippen molar-refractivity contribution in [2.24, 2.45) is 5.41 Å². The van der Waals surface area contributed by atoms with E-state index < -0.39 is 5.41 Å². The lowest BCUT2D eigenvalue weighted by Crippen LogP contribution is -2.41. The summed E-state index contributed by atoms with van der Waals surface area (Å²) in [4.78, 5) is 24.1.